The van der Waals surface area contributed by atoms with Gasteiger partial charge in [-0.2, -0.15) is 0 Å². The van der Waals surface area contributed by atoms with Gasteiger partial charge in [0.2, 0.25) is 17.2 Å². The second-order valence-electron chi connectivity index (χ2n) is 6.24. The third-order valence-corrected chi connectivity index (χ3v) is 4.26. The number of carbonyl (C=O) groups excluding carboxylic acids is 1. The molecule has 0 aliphatic rings. The monoisotopic (exact) mass is 355 g/mol. The van der Waals surface area contributed by atoms with E-state index < -0.39 is 0 Å². The number of hydrogen-bond donors (Lipinski definition) is 1. The van der Waals surface area contributed by atoms with Gasteiger partial charge in [-0.25, -0.2) is 0 Å². The SMILES string of the molecule is Cc1cccc2c(=O)c(-c3ccc(Cl)cc3)c(NC(=O)C(C)C)oc12. The van der Waals surface area contributed by atoms with Crippen molar-refractivity contribution in [2.24, 2.45) is 5.92 Å². The van der Waals surface area contributed by atoms with Crippen molar-refractivity contribution in [2.45, 2.75) is 20.8 Å². The van der Waals surface area contributed by atoms with E-state index >= 15 is 0 Å². The van der Waals surface area contributed by atoms with E-state index in [9.17, 15) is 9.59 Å². The molecule has 0 saturated carbocycles. The van der Waals surface area contributed by atoms with Crippen molar-refractivity contribution in [1.82, 2.24) is 0 Å². The molecule has 0 aliphatic heterocycles. The van der Waals surface area contributed by atoms with Gasteiger partial charge in [-0.3, -0.25) is 14.9 Å². The average Bonchev–Trinajstić information content (AvgIpc) is 2.57. The number of para-hydroxylation sites is 1. The summed E-state index contributed by atoms with van der Waals surface area (Å²) in [5.41, 5.74) is 2.08. The van der Waals surface area contributed by atoms with Crippen LogP contribution in [0.1, 0.15) is 19.4 Å². The van der Waals surface area contributed by atoms with Crippen LogP contribution in [0.25, 0.3) is 22.1 Å². The highest BCUT2D eigenvalue weighted by atomic mass is 35.5. The summed E-state index contributed by atoms with van der Waals surface area (Å²) in [4.78, 5) is 25.3. The number of anilines is 1. The van der Waals surface area contributed by atoms with Gasteiger partial charge >= 0.3 is 0 Å². The first-order valence-corrected chi connectivity index (χ1v) is 8.39. The van der Waals surface area contributed by atoms with E-state index in [4.69, 9.17) is 16.0 Å². The number of rotatable bonds is 3. The number of benzene rings is 2. The number of amides is 1. The standard InChI is InChI=1S/C20H18ClNO3/c1-11(2)19(24)22-20-16(13-7-9-14(21)10-8-13)17(23)15-6-4-5-12(3)18(15)25-20/h4-11H,1-3H3,(H,22,24). The topological polar surface area (TPSA) is 59.3 Å². The molecule has 1 aromatic heterocycles. The van der Waals surface area contributed by atoms with Crippen LogP contribution >= 0.6 is 11.6 Å². The largest absolute Gasteiger partial charge is 0.439 e. The van der Waals surface area contributed by atoms with Gasteiger partial charge in [-0.1, -0.05) is 49.7 Å². The predicted molar refractivity (Wildman–Crippen MR) is 101 cm³/mol. The van der Waals surface area contributed by atoms with Gasteiger partial charge in [0.1, 0.15) is 5.58 Å². The quantitative estimate of drug-likeness (QED) is 0.717. The summed E-state index contributed by atoms with van der Waals surface area (Å²) >= 11 is 5.95. The fraction of sp³-hybridized carbons (Fsp3) is 0.200. The molecular formula is C20H18ClNO3. The third kappa shape index (κ3) is 3.30. The molecule has 5 heteroatoms. The number of aryl methyl sites for hydroxylation is 1. The van der Waals surface area contributed by atoms with Crippen LogP contribution in [0.5, 0.6) is 0 Å². The fourth-order valence-electron chi connectivity index (χ4n) is 2.58. The van der Waals surface area contributed by atoms with Crippen LogP contribution in [0, 0.1) is 12.8 Å². The number of fused-ring (bicyclic) bond motifs is 1. The molecular weight excluding hydrogens is 338 g/mol. The van der Waals surface area contributed by atoms with Crippen molar-refractivity contribution in [3.8, 4) is 11.1 Å². The van der Waals surface area contributed by atoms with Crippen molar-refractivity contribution in [3.05, 3.63) is 63.3 Å². The molecule has 25 heavy (non-hydrogen) atoms. The lowest BCUT2D eigenvalue weighted by Gasteiger charge is -2.13. The number of nitrogens with one attached hydrogen (secondary N) is 1. The number of halogens is 1. The van der Waals surface area contributed by atoms with Crippen molar-refractivity contribution in [2.75, 3.05) is 5.32 Å². The first kappa shape index (κ1) is 17.2. The van der Waals surface area contributed by atoms with Gasteiger partial charge in [-0.15, -0.1) is 0 Å². The Morgan fingerprint density at radius 1 is 1.12 bits per heavy atom. The Hall–Kier alpha value is -2.59. The van der Waals surface area contributed by atoms with E-state index in [1.807, 2.05) is 19.1 Å². The van der Waals surface area contributed by atoms with Crippen molar-refractivity contribution >= 4 is 34.4 Å². The summed E-state index contributed by atoms with van der Waals surface area (Å²) in [6.07, 6.45) is 0. The summed E-state index contributed by atoms with van der Waals surface area (Å²) < 4.78 is 5.95. The summed E-state index contributed by atoms with van der Waals surface area (Å²) in [5, 5.41) is 3.79. The van der Waals surface area contributed by atoms with Gasteiger partial charge in [0.15, 0.2) is 0 Å². The molecule has 3 rings (SSSR count). The van der Waals surface area contributed by atoms with Gasteiger partial charge in [0, 0.05) is 10.9 Å². The van der Waals surface area contributed by atoms with E-state index in [-0.39, 0.29) is 23.1 Å². The molecule has 0 atom stereocenters. The van der Waals surface area contributed by atoms with E-state index in [2.05, 4.69) is 5.32 Å². The van der Waals surface area contributed by atoms with E-state index in [1.165, 1.54) is 0 Å². The van der Waals surface area contributed by atoms with Gasteiger partial charge in [0.05, 0.1) is 10.9 Å². The molecule has 0 radical (unpaired) electrons. The average molecular weight is 356 g/mol. The van der Waals surface area contributed by atoms with Gasteiger partial charge in [-0.05, 0) is 36.2 Å². The lowest BCUT2D eigenvalue weighted by atomic mass is 10.0. The van der Waals surface area contributed by atoms with Gasteiger partial charge < -0.3 is 4.42 Å². The van der Waals surface area contributed by atoms with E-state index in [0.29, 0.717) is 27.1 Å². The lowest BCUT2D eigenvalue weighted by Crippen LogP contribution is -2.20. The summed E-state index contributed by atoms with van der Waals surface area (Å²) in [7, 11) is 0. The maximum absolute atomic E-state index is 13.1. The molecule has 3 aromatic rings. The molecule has 0 fully saturated rings. The predicted octanol–water partition coefficient (Wildman–Crippen LogP) is 5.02. The Balaban J connectivity index is 2.31. The fourth-order valence-corrected chi connectivity index (χ4v) is 2.71. The van der Waals surface area contributed by atoms with Crippen LogP contribution in [0.2, 0.25) is 5.02 Å². The zero-order valence-corrected chi connectivity index (χ0v) is 15.0. The molecule has 0 saturated heterocycles. The number of carbonyl (C=O) groups is 1. The minimum absolute atomic E-state index is 0.160. The molecule has 0 spiro atoms. The zero-order chi connectivity index (χ0) is 18.1. The maximum atomic E-state index is 13.1. The van der Waals surface area contributed by atoms with E-state index in [0.717, 1.165) is 5.56 Å². The highest BCUT2D eigenvalue weighted by molar-refractivity contribution is 6.30. The summed E-state index contributed by atoms with van der Waals surface area (Å²) in [6, 6.07) is 12.3. The Labute approximate surface area is 150 Å². The van der Waals surface area contributed by atoms with Crippen molar-refractivity contribution in [1.29, 1.82) is 0 Å². The second kappa shape index (κ2) is 6.73. The summed E-state index contributed by atoms with van der Waals surface area (Å²) in [5.74, 6) is -0.296. The lowest BCUT2D eigenvalue weighted by molar-refractivity contribution is -0.119. The smallest absolute Gasteiger partial charge is 0.229 e. The van der Waals surface area contributed by atoms with Crippen molar-refractivity contribution < 1.29 is 9.21 Å². The zero-order valence-electron chi connectivity index (χ0n) is 14.2. The van der Waals surface area contributed by atoms with Crippen molar-refractivity contribution in [3.63, 3.8) is 0 Å². The first-order valence-electron chi connectivity index (χ1n) is 8.01. The minimum atomic E-state index is -0.240. The van der Waals surface area contributed by atoms with Gasteiger partial charge in [0.25, 0.3) is 0 Å². The molecule has 2 aromatic carbocycles. The normalized spacial score (nSPS) is 11.1. The molecule has 1 heterocycles. The second-order valence-corrected chi connectivity index (χ2v) is 6.67. The Kier molecular flexibility index (Phi) is 4.64. The third-order valence-electron chi connectivity index (χ3n) is 4.01. The number of hydrogen-bond acceptors (Lipinski definition) is 3. The Bertz CT molecular complexity index is 1000. The van der Waals surface area contributed by atoms with Crippen LogP contribution in [0.15, 0.2) is 51.7 Å². The van der Waals surface area contributed by atoms with Crippen LogP contribution < -0.4 is 10.7 Å². The van der Waals surface area contributed by atoms with Crippen LogP contribution in [-0.4, -0.2) is 5.91 Å². The minimum Gasteiger partial charge on any atom is -0.439 e. The summed E-state index contributed by atoms with van der Waals surface area (Å²) in [6.45, 7) is 5.42. The molecule has 0 bridgehead atoms. The molecule has 128 valence electrons. The Morgan fingerprint density at radius 2 is 1.80 bits per heavy atom. The first-order chi connectivity index (χ1) is 11.9. The molecule has 4 nitrogen and oxygen atoms in total. The van der Waals surface area contributed by atoms with Crippen LogP contribution in [-0.2, 0) is 4.79 Å². The van der Waals surface area contributed by atoms with Crippen LogP contribution in [0.4, 0.5) is 5.88 Å². The molecule has 0 aliphatic carbocycles. The highest BCUT2D eigenvalue weighted by Crippen LogP contribution is 2.30. The molecule has 0 unspecified atom stereocenters. The Morgan fingerprint density at radius 3 is 2.44 bits per heavy atom. The highest BCUT2D eigenvalue weighted by Gasteiger charge is 2.20. The maximum Gasteiger partial charge on any atom is 0.229 e. The molecule has 1 N–H and O–H groups in total. The molecule has 1 amide bonds. The van der Waals surface area contributed by atoms with Crippen LogP contribution in [0.3, 0.4) is 0 Å². The van der Waals surface area contributed by atoms with E-state index in [1.54, 1.807) is 44.2 Å².